The molecule has 0 aliphatic heterocycles. The van der Waals surface area contributed by atoms with Crippen molar-refractivity contribution in [3.63, 3.8) is 0 Å². The number of aliphatic carboxylic acids is 1. The van der Waals surface area contributed by atoms with E-state index in [0.29, 0.717) is 0 Å². The lowest BCUT2D eigenvalue weighted by Gasteiger charge is -2.24. The summed E-state index contributed by atoms with van der Waals surface area (Å²) < 4.78 is 0. The van der Waals surface area contributed by atoms with E-state index < -0.39 is 78.4 Å². The van der Waals surface area contributed by atoms with Crippen molar-refractivity contribution in [2.75, 3.05) is 5.75 Å². The Kier molecular flexibility index (Phi) is 12.3. The van der Waals surface area contributed by atoms with E-state index >= 15 is 0 Å². The van der Waals surface area contributed by atoms with Gasteiger partial charge in [0.05, 0.1) is 18.9 Å². The van der Waals surface area contributed by atoms with E-state index in [1.54, 1.807) is 0 Å². The topological polar surface area (TPSA) is 280 Å². The Morgan fingerprint density at radius 1 is 0.719 bits per heavy atom. The minimum Gasteiger partial charge on any atom is -0.480 e. The van der Waals surface area contributed by atoms with Gasteiger partial charge in [-0.1, -0.05) is 0 Å². The molecule has 0 rings (SSSR count). The third-order valence-corrected chi connectivity index (χ3v) is 4.30. The number of carboxylic acid groups (broad SMARTS) is 1. The fourth-order valence-corrected chi connectivity index (χ4v) is 2.44. The molecule has 4 atom stereocenters. The molecule has 0 radical (unpaired) electrons. The molecule has 0 aliphatic carbocycles. The van der Waals surface area contributed by atoms with Crippen molar-refractivity contribution >= 4 is 54.0 Å². The Labute approximate surface area is 187 Å². The van der Waals surface area contributed by atoms with Gasteiger partial charge in [-0.25, -0.2) is 4.79 Å². The molecule has 0 heterocycles. The van der Waals surface area contributed by atoms with E-state index in [2.05, 4.69) is 23.3 Å². The van der Waals surface area contributed by atoms with Crippen LogP contribution in [-0.2, 0) is 33.6 Å². The summed E-state index contributed by atoms with van der Waals surface area (Å²) in [5.41, 5.74) is 20.6. The Morgan fingerprint density at radius 2 is 1.16 bits per heavy atom. The summed E-state index contributed by atoms with van der Waals surface area (Å²) in [6, 6.07) is -5.87. The zero-order valence-corrected chi connectivity index (χ0v) is 17.8. The average molecular weight is 478 g/mol. The molecule has 0 aromatic carbocycles. The van der Waals surface area contributed by atoms with Gasteiger partial charge in [-0.2, -0.15) is 12.6 Å². The van der Waals surface area contributed by atoms with Crippen LogP contribution in [0.2, 0.25) is 0 Å². The number of nitrogens with one attached hydrogen (secondary N) is 3. The second-order valence-electron chi connectivity index (χ2n) is 6.66. The van der Waals surface area contributed by atoms with Gasteiger partial charge in [0, 0.05) is 12.2 Å². The highest BCUT2D eigenvalue weighted by Gasteiger charge is 2.31. The molecule has 0 bridgehead atoms. The number of carbonyl (C=O) groups is 7. The smallest absolute Gasteiger partial charge is 0.326 e. The second kappa shape index (κ2) is 13.8. The first-order valence-corrected chi connectivity index (χ1v) is 9.76. The molecular weight excluding hydrogens is 450 g/mol. The number of hydrogen-bond acceptors (Lipinski definition) is 9. The minimum atomic E-state index is -1.73. The molecular formula is C16H27N7O8S. The highest BCUT2D eigenvalue weighted by Crippen LogP contribution is 2.03. The number of nitrogens with two attached hydrogens (primary N) is 4. The van der Waals surface area contributed by atoms with Crippen molar-refractivity contribution in [3.05, 3.63) is 0 Å². The highest BCUT2D eigenvalue weighted by molar-refractivity contribution is 7.80. The monoisotopic (exact) mass is 477 g/mol. The van der Waals surface area contributed by atoms with Crippen molar-refractivity contribution < 1.29 is 38.7 Å². The largest absolute Gasteiger partial charge is 0.480 e. The normalized spacial score (nSPS) is 14.2. The first-order chi connectivity index (χ1) is 14.8. The summed E-state index contributed by atoms with van der Waals surface area (Å²) in [6.45, 7) is 0. The van der Waals surface area contributed by atoms with Crippen LogP contribution in [0.3, 0.4) is 0 Å². The van der Waals surface area contributed by atoms with Gasteiger partial charge in [0.2, 0.25) is 35.4 Å². The van der Waals surface area contributed by atoms with E-state index in [-0.39, 0.29) is 18.6 Å². The van der Waals surface area contributed by atoms with Crippen LogP contribution in [-0.4, -0.2) is 76.4 Å². The summed E-state index contributed by atoms with van der Waals surface area (Å²) in [5, 5.41) is 15.5. The third-order valence-electron chi connectivity index (χ3n) is 3.90. The van der Waals surface area contributed by atoms with Crippen LogP contribution >= 0.6 is 12.6 Å². The Bertz CT molecular complexity index is 763. The molecule has 0 spiro atoms. The van der Waals surface area contributed by atoms with Crippen LogP contribution < -0.4 is 38.9 Å². The third kappa shape index (κ3) is 11.1. The van der Waals surface area contributed by atoms with Crippen LogP contribution in [0.5, 0.6) is 0 Å². The molecule has 16 heteroatoms. The van der Waals surface area contributed by atoms with Crippen molar-refractivity contribution in [2.45, 2.75) is 49.9 Å². The van der Waals surface area contributed by atoms with E-state index in [9.17, 15) is 33.6 Å². The molecule has 180 valence electrons. The minimum absolute atomic E-state index is 0.0564. The maximum absolute atomic E-state index is 12.6. The fourth-order valence-electron chi connectivity index (χ4n) is 2.27. The van der Waals surface area contributed by atoms with Gasteiger partial charge in [-0.3, -0.25) is 28.8 Å². The van der Waals surface area contributed by atoms with E-state index in [1.807, 2.05) is 5.32 Å². The molecule has 15 nitrogen and oxygen atoms in total. The predicted molar refractivity (Wildman–Crippen MR) is 111 cm³/mol. The Balaban J connectivity index is 5.55. The molecule has 0 fully saturated rings. The molecule has 0 saturated heterocycles. The zero-order valence-electron chi connectivity index (χ0n) is 16.9. The van der Waals surface area contributed by atoms with Crippen LogP contribution in [0.15, 0.2) is 0 Å². The molecule has 12 N–H and O–H groups in total. The number of thiol groups is 1. The zero-order chi connectivity index (χ0) is 25.0. The first-order valence-electron chi connectivity index (χ1n) is 9.13. The van der Waals surface area contributed by atoms with E-state index in [4.69, 9.17) is 28.0 Å². The van der Waals surface area contributed by atoms with Crippen LogP contribution in [0, 0.1) is 0 Å². The predicted octanol–water partition coefficient (Wildman–Crippen LogP) is -5.20. The quantitative estimate of drug-likeness (QED) is 0.102. The Morgan fingerprint density at radius 3 is 1.59 bits per heavy atom. The second-order valence-corrected chi connectivity index (χ2v) is 7.02. The average Bonchev–Trinajstić information content (AvgIpc) is 2.67. The molecule has 6 amide bonds. The van der Waals surface area contributed by atoms with Crippen molar-refractivity contribution in [1.82, 2.24) is 16.0 Å². The number of primary amides is 3. The number of amides is 6. The highest BCUT2D eigenvalue weighted by atomic mass is 32.1. The number of rotatable bonds is 15. The van der Waals surface area contributed by atoms with Crippen molar-refractivity contribution in [3.8, 4) is 0 Å². The van der Waals surface area contributed by atoms with Crippen molar-refractivity contribution in [1.29, 1.82) is 0 Å². The van der Waals surface area contributed by atoms with Gasteiger partial charge < -0.3 is 44.0 Å². The Hall–Kier alpha value is -3.40. The molecule has 0 aromatic rings. The molecule has 32 heavy (non-hydrogen) atoms. The molecule has 0 aromatic heterocycles. The SMILES string of the molecule is NC(=O)CCC(NC(=O)C(N)CS)C(=O)NC(CC(N)=O)C(=O)NC(CC(N)=O)C(=O)O. The summed E-state index contributed by atoms with van der Waals surface area (Å²) >= 11 is 3.86. The van der Waals surface area contributed by atoms with Gasteiger partial charge in [0.15, 0.2) is 0 Å². The number of hydrogen-bond donors (Lipinski definition) is 9. The first kappa shape index (κ1) is 28.6. The fraction of sp³-hybridized carbons (Fsp3) is 0.562. The van der Waals surface area contributed by atoms with Gasteiger partial charge in [-0.15, -0.1) is 0 Å². The molecule has 0 aliphatic rings. The number of carbonyl (C=O) groups excluding carboxylic acids is 6. The number of carboxylic acids is 1. The van der Waals surface area contributed by atoms with E-state index in [0.717, 1.165) is 0 Å². The summed E-state index contributed by atoms with van der Waals surface area (Å²) in [5.74, 6) is -7.42. The lowest BCUT2D eigenvalue weighted by molar-refractivity contribution is -0.144. The molecule has 0 saturated carbocycles. The molecule has 4 unspecified atom stereocenters. The maximum Gasteiger partial charge on any atom is 0.326 e. The van der Waals surface area contributed by atoms with Gasteiger partial charge >= 0.3 is 5.97 Å². The summed E-state index contributed by atoms with van der Waals surface area (Å²) in [7, 11) is 0. The summed E-state index contributed by atoms with van der Waals surface area (Å²) in [6.07, 6.45) is -2.08. The lowest BCUT2D eigenvalue weighted by Crippen LogP contribution is -2.58. The van der Waals surface area contributed by atoms with Gasteiger partial charge in [-0.05, 0) is 6.42 Å². The standard InChI is InChI=1S/C16H27N7O8S/c17-6(5-32)13(27)21-7(1-2-10(18)24)14(28)22-8(3-11(19)25)15(29)23-9(16(30)31)4-12(20)26/h6-9,32H,1-5,17H2,(H2,18,24)(H2,19,25)(H2,20,26)(H,21,27)(H,22,28)(H,23,29)(H,30,31). The van der Waals surface area contributed by atoms with Crippen LogP contribution in [0.4, 0.5) is 0 Å². The maximum atomic E-state index is 12.6. The van der Waals surface area contributed by atoms with Crippen molar-refractivity contribution in [2.24, 2.45) is 22.9 Å². The lowest BCUT2D eigenvalue weighted by atomic mass is 10.1. The van der Waals surface area contributed by atoms with E-state index in [1.165, 1.54) is 0 Å². The van der Waals surface area contributed by atoms with Gasteiger partial charge in [0.25, 0.3) is 0 Å². The van der Waals surface area contributed by atoms with Crippen LogP contribution in [0.1, 0.15) is 25.7 Å². The summed E-state index contributed by atoms with van der Waals surface area (Å²) in [4.78, 5) is 81.7. The van der Waals surface area contributed by atoms with Crippen LogP contribution in [0.25, 0.3) is 0 Å². The van der Waals surface area contributed by atoms with Gasteiger partial charge in [0.1, 0.15) is 18.1 Å².